The second-order valence-corrected chi connectivity index (χ2v) is 3.79. The highest BCUT2D eigenvalue weighted by Gasteiger charge is 2.07. The molecule has 0 aliphatic heterocycles. The highest BCUT2D eigenvalue weighted by molar-refractivity contribution is 9.10. The summed E-state index contributed by atoms with van der Waals surface area (Å²) in [5, 5.41) is 0. The summed E-state index contributed by atoms with van der Waals surface area (Å²) in [5.41, 5.74) is 3.01. The average molecular weight is 227 g/mol. The molecule has 0 saturated heterocycles. The van der Waals surface area contributed by atoms with Gasteiger partial charge in [-0.3, -0.25) is 4.79 Å². The molecule has 12 heavy (non-hydrogen) atoms. The smallest absolute Gasteiger partial charge is 0.160 e. The van der Waals surface area contributed by atoms with Crippen LogP contribution in [0.5, 0.6) is 0 Å². The first-order chi connectivity index (χ1) is 5.52. The van der Waals surface area contributed by atoms with Gasteiger partial charge < -0.3 is 0 Å². The Balaban J connectivity index is 3.37. The third-order valence-corrected chi connectivity index (χ3v) is 2.83. The summed E-state index contributed by atoms with van der Waals surface area (Å²) in [5.74, 6) is 0.105. The normalized spacial score (nSPS) is 10.0. The van der Waals surface area contributed by atoms with Crippen molar-refractivity contribution in [3.05, 3.63) is 33.3 Å². The fraction of sp³-hybridized carbons (Fsp3) is 0.300. The van der Waals surface area contributed by atoms with Crippen LogP contribution in [0.4, 0.5) is 0 Å². The molecule has 1 nitrogen and oxygen atoms in total. The number of carbonyl (C=O) groups excluding carboxylic acids is 1. The van der Waals surface area contributed by atoms with E-state index in [4.69, 9.17) is 0 Å². The van der Waals surface area contributed by atoms with Crippen molar-refractivity contribution < 1.29 is 4.79 Å². The van der Waals surface area contributed by atoms with Gasteiger partial charge in [0.25, 0.3) is 0 Å². The minimum atomic E-state index is 0.105. The maximum absolute atomic E-state index is 11.1. The van der Waals surface area contributed by atoms with E-state index in [1.54, 1.807) is 6.92 Å². The fourth-order valence-electron chi connectivity index (χ4n) is 1.21. The zero-order valence-corrected chi connectivity index (χ0v) is 9.03. The molecule has 0 aromatic heterocycles. The van der Waals surface area contributed by atoms with Gasteiger partial charge in [-0.1, -0.05) is 11.6 Å². The number of carbonyl (C=O) groups is 1. The van der Waals surface area contributed by atoms with E-state index in [2.05, 4.69) is 22.0 Å². The number of benzene rings is 1. The molecule has 0 aliphatic carbocycles. The Kier molecular flexibility index (Phi) is 2.68. The molecule has 64 valence electrons. The molecule has 0 fully saturated rings. The molecular formula is C10H11BrO. The van der Waals surface area contributed by atoms with E-state index < -0.39 is 0 Å². The molecule has 0 saturated carbocycles. The molecule has 0 amide bonds. The van der Waals surface area contributed by atoms with E-state index in [1.165, 1.54) is 0 Å². The second kappa shape index (κ2) is 3.40. The molecule has 0 atom stereocenters. The summed E-state index contributed by atoms with van der Waals surface area (Å²) in [7, 11) is 0. The Hall–Kier alpha value is -0.630. The third kappa shape index (κ3) is 1.75. The molecule has 1 rings (SSSR count). The summed E-state index contributed by atoms with van der Waals surface area (Å²) >= 11 is 3.39. The molecule has 0 bridgehead atoms. The Morgan fingerprint density at radius 1 is 1.33 bits per heavy atom. The van der Waals surface area contributed by atoms with Crippen LogP contribution in [-0.2, 0) is 0 Å². The van der Waals surface area contributed by atoms with Crippen molar-refractivity contribution in [1.82, 2.24) is 0 Å². The lowest BCUT2D eigenvalue weighted by molar-refractivity contribution is 0.101. The summed E-state index contributed by atoms with van der Waals surface area (Å²) in [4.78, 5) is 11.1. The van der Waals surface area contributed by atoms with Crippen LogP contribution in [0.15, 0.2) is 16.6 Å². The fourth-order valence-corrected chi connectivity index (χ4v) is 1.71. The van der Waals surface area contributed by atoms with E-state index in [9.17, 15) is 4.79 Å². The van der Waals surface area contributed by atoms with Crippen molar-refractivity contribution in [1.29, 1.82) is 0 Å². The largest absolute Gasteiger partial charge is 0.294 e. The van der Waals surface area contributed by atoms with Crippen molar-refractivity contribution in [3.8, 4) is 0 Å². The van der Waals surface area contributed by atoms with Gasteiger partial charge in [0.15, 0.2) is 5.78 Å². The number of halogens is 1. The van der Waals surface area contributed by atoms with Crippen LogP contribution in [0.25, 0.3) is 0 Å². The van der Waals surface area contributed by atoms with Crippen LogP contribution in [-0.4, -0.2) is 5.78 Å². The first-order valence-corrected chi connectivity index (χ1v) is 4.59. The molecule has 1 aromatic rings. The van der Waals surface area contributed by atoms with Crippen LogP contribution in [0.1, 0.15) is 28.4 Å². The standard InChI is InChI=1S/C10H11BrO/c1-6-4-7(2)10(11)9(5-6)8(3)12/h4-5H,1-3H3. The molecule has 2 heteroatoms. The predicted molar refractivity (Wildman–Crippen MR) is 53.6 cm³/mol. The first-order valence-electron chi connectivity index (χ1n) is 3.80. The number of Topliss-reactive ketones (excluding diaryl/α,β-unsaturated/α-hetero) is 1. The summed E-state index contributed by atoms with van der Waals surface area (Å²) in [6.07, 6.45) is 0. The molecule has 0 unspecified atom stereocenters. The highest BCUT2D eigenvalue weighted by Crippen LogP contribution is 2.23. The molecule has 0 radical (unpaired) electrons. The zero-order chi connectivity index (χ0) is 9.30. The van der Waals surface area contributed by atoms with Gasteiger partial charge in [0.05, 0.1) is 0 Å². The van der Waals surface area contributed by atoms with Crippen molar-refractivity contribution >= 4 is 21.7 Å². The first kappa shape index (κ1) is 9.46. The Morgan fingerprint density at radius 3 is 2.42 bits per heavy atom. The van der Waals surface area contributed by atoms with E-state index in [0.717, 1.165) is 21.2 Å². The lowest BCUT2D eigenvalue weighted by atomic mass is 10.1. The molecule has 0 spiro atoms. The lowest BCUT2D eigenvalue weighted by Gasteiger charge is -2.05. The van der Waals surface area contributed by atoms with Crippen molar-refractivity contribution in [2.75, 3.05) is 0 Å². The van der Waals surface area contributed by atoms with Crippen LogP contribution in [0, 0.1) is 13.8 Å². The highest BCUT2D eigenvalue weighted by atomic mass is 79.9. The molecule has 0 N–H and O–H groups in total. The van der Waals surface area contributed by atoms with Crippen molar-refractivity contribution in [2.45, 2.75) is 20.8 Å². The molecule has 1 aromatic carbocycles. The SMILES string of the molecule is CC(=O)c1cc(C)cc(C)c1Br. The average Bonchev–Trinajstić information content (AvgIpc) is 1.96. The quantitative estimate of drug-likeness (QED) is 0.673. The molecule has 0 heterocycles. The van der Waals surface area contributed by atoms with E-state index in [-0.39, 0.29) is 5.78 Å². The van der Waals surface area contributed by atoms with Crippen LogP contribution < -0.4 is 0 Å². The van der Waals surface area contributed by atoms with Crippen LogP contribution in [0.2, 0.25) is 0 Å². The van der Waals surface area contributed by atoms with Crippen LogP contribution >= 0.6 is 15.9 Å². The minimum Gasteiger partial charge on any atom is -0.294 e. The van der Waals surface area contributed by atoms with Crippen molar-refractivity contribution in [2.24, 2.45) is 0 Å². The van der Waals surface area contributed by atoms with Gasteiger partial charge in [-0.2, -0.15) is 0 Å². The second-order valence-electron chi connectivity index (χ2n) is 3.00. The van der Waals surface area contributed by atoms with Gasteiger partial charge in [0.2, 0.25) is 0 Å². The van der Waals surface area contributed by atoms with Crippen LogP contribution in [0.3, 0.4) is 0 Å². The van der Waals surface area contributed by atoms with Gasteiger partial charge in [-0.15, -0.1) is 0 Å². The summed E-state index contributed by atoms with van der Waals surface area (Å²) in [6, 6.07) is 3.95. The topological polar surface area (TPSA) is 17.1 Å². The minimum absolute atomic E-state index is 0.105. The molecular weight excluding hydrogens is 216 g/mol. The summed E-state index contributed by atoms with van der Waals surface area (Å²) < 4.78 is 0.917. The van der Waals surface area contributed by atoms with Gasteiger partial charge in [0, 0.05) is 10.0 Å². The predicted octanol–water partition coefficient (Wildman–Crippen LogP) is 3.27. The van der Waals surface area contributed by atoms with E-state index in [0.29, 0.717) is 0 Å². The molecule has 0 aliphatic rings. The lowest BCUT2D eigenvalue weighted by Crippen LogP contribution is -1.96. The number of ketones is 1. The van der Waals surface area contributed by atoms with E-state index in [1.807, 2.05) is 19.9 Å². The third-order valence-electron chi connectivity index (χ3n) is 1.78. The number of hydrogen-bond acceptors (Lipinski definition) is 1. The zero-order valence-electron chi connectivity index (χ0n) is 7.44. The Bertz CT molecular complexity index is 329. The Labute approximate surface area is 80.9 Å². The van der Waals surface area contributed by atoms with Crippen molar-refractivity contribution in [3.63, 3.8) is 0 Å². The Morgan fingerprint density at radius 2 is 1.92 bits per heavy atom. The summed E-state index contributed by atoms with van der Waals surface area (Å²) in [6.45, 7) is 5.56. The van der Waals surface area contributed by atoms with Gasteiger partial charge >= 0.3 is 0 Å². The maximum Gasteiger partial charge on any atom is 0.160 e. The van der Waals surface area contributed by atoms with Gasteiger partial charge in [-0.25, -0.2) is 0 Å². The number of aryl methyl sites for hydroxylation is 2. The number of hydrogen-bond donors (Lipinski definition) is 0. The van der Waals surface area contributed by atoms with E-state index >= 15 is 0 Å². The van der Waals surface area contributed by atoms with Gasteiger partial charge in [0.1, 0.15) is 0 Å². The maximum atomic E-state index is 11.1. The number of rotatable bonds is 1. The van der Waals surface area contributed by atoms with Gasteiger partial charge in [-0.05, 0) is 48.3 Å². The monoisotopic (exact) mass is 226 g/mol.